The summed E-state index contributed by atoms with van der Waals surface area (Å²) in [4.78, 5) is 25.5. The number of carbonyl (C=O) groups is 2. The minimum Gasteiger partial charge on any atom is -0.486 e. The largest absolute Gasteiger partial charge is 0.486 e. The van der Waals surface area contributed by atoms with Gasteiger partial charge in [0, 0.05) is 26.1 Å². The summed E-state index contributed by atoms with van der Waals surface area (Å²) in [5.41, 5.74) is 0. The zero-order chi connectivity index (χ0) is 19.1. The van der Waals surface area contributed by atoms with Crippen LogP contribution in [0.5, 0.6) is 11.5 Å². The van der Waals surface area contributed by atoms with Crippen LogP contribution < -0.4 is 14.8 Å². The lowest BCUT2D eigenvalue weighted by Crippen LogP contribution is -2.42. The molecule has 1 atom stereocenters. The average molecular weight is 370 g/mol. The van der Waals surface area contributed by atoms with Gasteiger partial charge < -0.3 is 24.1 Å². The predicted molar refractivity (Wildman–Crippen MR) is 99.4 cm³/mol. The van der Waals surface area contributed by atoms with Crippen molar-refractivity contribution in [2.45, 2.75) is 12.5 Å². The first kappa shape index (κ1) is 18.6. The zero-order valence-electron chi connectivity index (χ0n) is 15.1. The van der Waals surface area contributed by atoms with E-state index < -0.39 is 0 Å². The Bertz CT molecular complexity index is 800. The molecule has 1 aliphatic heterocycles. The van der Waals surface area contributed by atoms with Gasteiger partial charge in [0.25, 0.3) is 0 Å². The van der Waals surface area contributed by atoms with Gasteiger partial charge in [0.2, 0.25) is 11.8 Å². The SMILES string of the molecule is CN(CC1COc2ccccc2O1)C(=O)CCNC(=O)/C=C/c1ccco1. The first-order chi connectivity index (χ1) is 13.1. The molecular formula is C20H22N2O5. The second kappa shape index (κ2) is 8.93. The molecule has 1 aromatic heterocycles. The van der Waals surface area contributed by atoms with Crippen LogP contribution >= 0.6 is 0 Å². The highest BCUT2D eigenvalue weighted by molar-refractivity contribution is 5.91. The fraction of sp³-hybridized carbons (Fsp3) is 0.300. The highest BCUT2D eigenvalue weighted by Gasteiger charge is 2.23. The molecule has 7 nitrogen and oxygen atoms in total. The van der Waals surface area contributed by atoms with Crippen molar-refractivity contribution < 1.29 is 23.5 Å². The van der Waals surface area contributed by atoms with Gasteiger partial charge in [0.05, 0.1) is 12.8 Å². The van der Waals surface area contributed by atoms with E-state index in [2.05, 4.69) is 5.32 Å². The molecule has 0 radical (unpaired) electrons. The van der Waals surface area contributed by atoms with Crippen LogP contribution in [0.15, 0.2) is 53.2 Å². The van der Waals surface area contributed by atoms with E-state index in [1.54, 1.807) is 30.2 Å². The average Bonchev–Trinajstić information content (AvgIpc) is 3.20. The minimum atomic E-state index is -0.275. The minimum absolute atomic E-state index is 0.0761. The number of nitrogens with one attached hydrogen (secondary N) is 1. The van der Waals surface area contributed by atoms with Gasteiger partial charge in [-0.15, -0.1) is 0 Å². The smallest absolute Gasteiger partial charge is 0.244 e. The van der Waals surface area contributed by atoms with Crippen molar-refractivity contribution in [2.24, 2.45) is 0 Å². The van der Waals surface area contributed by atoms with Crippen molar-refractivity contribution in [3.63, 3.8) is 0 Å². The van der Waals surface area contributed by atoms with Crippen molar-refractivity contribution >= 4 is 17.9 Å². The van der Waals surface area contributed by atoms with E-state index in [1.165, 1.54) is 12.3 Å². The van der Waals surface area contributed by atoms with Crippen molar-refractivity contribution in [1.82, 2.24) is 10.2 Å². The summed E-state index contributed by atoms with van der Waals surface area (Å²) >= 11 is 0. The Morgan fingerprint density at radius 2 is 2.04 bits per heavy atom. The molecule has 142 valence electrons. The topological polar surface area (TPSA) is 81.0 Å². The van der Waals surface area contributed by atoms with Crippen molar-refractivity contribution in [3.8, 4) is 11.5 Å². The fourth-order valence-corrected chi connectivity index (χ4v) is 2.65. The number of nitrogens with zero attached hydrogens (tertiary/aromatic N) is 1. The monoisotopic (exact) mass is 370 g/mol. The van der Waals surface area contributed by atoms with E-state index in [1.807, 2.05) is 24.3 Å². The summed E-state index contributed by atoms with van der Waals surface area (Å²) in [6, 6.07) is 10.9. The van der Waals surface area contributed by atoms with E-state index in [4.69, 9.17) is 13.9 Å². The van der Waals surface area contributed by atoms with Gasteiger partial charge in [0.15, 0.2) is 17.6 Å². The molecule has 0 spiro atoms. The Morgan fingerprint density at radius 3 is 2.81 bits per heavy atom. The number of carbonyl (C=O) groups excluding carboxylic acids is 2. The number of hydrogen-bond donors (Lipinski definition) is 1. The van der Waals surface area contributed by atoms with Crippen LogP contribution in [0.2, 0.25) is 0 Å². The fourth-order valence-electron chi connectivity index (χ4n) is 2.65. The van der Waals surface area contributed by atoms with Gasteiger partial charge in [-0.1, -0.05) is 12.1 Å². The van der Waals surface area contributed by atoms with Crippen LogP contribution in [0, 0.1) is 0 Å². The number of benzene rings is 1. The van der Waals surface area contributed by atoms with Crippen molar-refractivity contribution in [2.75, 3.05) is 26.7 Å². The molecule has 2 amide bonds. The third-order valence-electron chi connectivity index (χ3n) is 4.05. The third-order valence-corrected chi connectivity index (χ3v) is 4.05. The van der Waals surface area contributed by atoms with E-state index >= 15 is 0 Å². The molecule has 27 heavy (non-hydrogen) atoms. The Balaban J connectivity index is 1.37. The first-order valence-corrected chi connectivity index (χ1v) is 8.73. The molecule has 1 aliphatic rings. The Labute approximate surface area is 157 Å². The van der Waals surface area contributed by atoms with Gasteiger partial charge in [-0.05, 0) is 30.3 Å². The number of rotatable bonds is 7. The summed E-state index contributed by atoms with van der Waals surface area (Å²) in [6.45, 7) is 1.07. The molecule has 0 fully saturated rings. The van der Waals surface area contributed by atoms with Gasteiger partial charge in [0.1, 0.15) is 12.4 Å². The van der Waals surface area contributed by atoms with E-state index in [0.717, 1.165) is 0 Å². The lowest BCUT2D eigenvalue weighted by Gasteiger charge is -2.29. The summed E-state index contributed by atoms with van der Waals surface area (Å²) in [5.74, 6) is 1.64. The maximum atomic E-state index is 12.2. The molecule has 1 unspecified atom stereocenters. The van der Waals surface area contributed by atoms with E-state index in [-0.39, 0.29) is 30.9 Å². The molecule has 7 heteroatoms. The Hall–Kier alpha value is -3.22. The standard InChI is InChI=1S/C20H22N2O5/c1-22(13-16-14-26-17-6-2-3-7-18(17)27-16)20(24)10-11-21-19(23)9-8-15-5-4-12-25-15/h2-9,12,16H,10-11,13-14H2,1H3,(H,21,23)/b9-8+. The summed E-state index contributed by atoms with van der Waals surface area (Å²) < 4.78 is 16.6. The number of fused-ring (bicyclic) bond motifs is 1. The van der Waals surface area contributed by atoms with E-state index in [0.29, 0.717) is 30.4 Å². The quantitative estimate of drug-likeness (QED) is 0.755. The third kappa shape index (κ3) is 5.37. The lowest BCUT2D eigenvalue weighted by molar-refractivity contribution is -0.131. The normalized spacial score (nSPS) is 15.5. The van der Waals surface area contributed by atoms with Gasteiger partial charge in [-0.3, -0.25) is 9.59 Å². The number of ether oxygens (including phenoxy) is 2. The first-order valence-electron chi connectivity index (χ1n) is 8.73. The zero-order valence-corrected chi connectivity index (χ0v) is 15.1. The highest BCUT2D eigenvalue weighted by atomic mass is 16.6. The number of para-hydroxylation sites is 2. The summed E-state index contributed by atoms with van der Waals surface area (Å²) in [7, 11) is 1.71. The van der Waals surface area contributed by atoms with Crippen molar-refractivity contribution in [3.05, 3.63) is 54.5 Å². The molecule has 3 rings (SSSR count). The van der Waals surface area contributed by atoms with Gasteiger partial charge in [-0.2, -0.15) is 0 Å². The second-order valence-electron chi connectivity index (χ2n) is 6.16. The number of amides is 2. The van der Waals surface area contributed by atoms with Crippen LogP contribution in [0.3, 0.4) is 0 Å². The molecular weight excluding hydrogens is 348 g/mol. The molecule has 0 bridgehead atoms. The van der Waals surface area contributed by atoms with Crippen molar-refractivity contribution in [1.29, 1.82) is 0 Å². The molecule has 0 aliphatic carbocycles. The van der Waals surface area contributed by atoms with Crippen LogP contribution in [0.4, 0.5) is 0 Å². The Kier molecular flexibility index (Phi) is 6.14. The molecule has 1 N–H and O–H groups in total. The molecule has 0 saturated heterocycles. The Morgan fingerprint density at radius 1 is 1.22 bits per heavy atom. The maximum Gasteiger partial charge on any atom is 0.244 e. The van der Waals surface area contributed by atoms with Gasteiger partial charge in [-0.25, -0.2) is 0 Å². The molecule has 1 aromatic carbocycles. The number of furan rings is 1. The molecule has 2 aromatic rings. The summed E-state index contributed by atoms with van der Waals surface area (Å²) in [5, 5.41) is 2.68. The van der Waals surface area contributed by atoms with Crippen LogP contribution in [-0.2, 0) is 9.59 Å². The highest BCUT2D eigenvalue weighted by Crippen LogP contribution is 2.30. The second-order valence-corrected chi connectivity index (χ2v) is 6.16. The lowest BCUT2D eigenvalue weighted by atomic mass is 10.2. The molecule has 2 heterocycles. The number of likely N-dealkylation sites (N-methyl/N-ethyl adjacent to an activating group) is 1. The number of hydrogen-bond acceptors (Lipinski definition) is 5. The van der Waals surface area contributed by atoms with Crippen LogP contribution in [0.25, 0.3) is 6.08 Å². The predicted octanol–water partition coefficient (Wildman–Crippen LogP) is 2.10. The van der Waals surface area contributed by atoms with Crippen LogP contribution in [-0.4, -0.2) is 49.6 Å². The summed E-state index contributed by atoms with van der Waals surface area (Å²) in [6.07, 6.45) is 4.46. The molecule has 0 saturated carbocycles. The van der Waals surface area contributed by atoms with Gasteiger partial charge >= 0.3 is 0 Å². The van der Waals surface area contributed by atoms with E-state index in [9.17, 15) is 9.59 Å². The van der Waals surface area contributed by atoms with Crippen LogP contribution in [0.1, 0.15) is 12.2 Å². The maximum absolute atomic E-state index is 12.2.